The zero-order chi connectivity index (χ0) is 6.57. The second kappa shape index (κ2) is 3.87. The summed E-state index contributed by atoms with van der Waals surface area (Å²) in [5.41, 5.74) is 0. The van der Waals surface area contributed by atoms with Gasteiger partial charge in [0, 0.05) is 12.6 Å². The van der Waals surface area contributed by atoms with Gasteiger partial charge in [-0.15, -0.1) is 0 Å². The topological polar surface area (TPSA) is 27.0 Å². The zero-order valence-corrected chi connectivity index (χ0v) is 5.94. The first-order chi connectivity index (χ1) is 3.72. The van der Waals surface area contributed by atoms with E-state index in [1.807, 2.05) is 6.92 Å². The summed E-state index contributed by atoms with van der Waals surface area (Å²) in [6.45, 7) is 6.99. The van der Waals surface area contributed by atoms with E-state index in [-0.39, 0.29) is 0 Å². The largest absolute Gasteiger partial charge is 0.227 e. The standard InChI is InChI=1S/C6H15N2/c1-4-6(3)8(7)5-2/h6-7H,4-5H2,1-3H3. The highest BCUT2D eigenvalue weighted by atomic mass is 15.4. The van der Waals surface area contributed by atoms with E-state index in [0.717, 1.165) is 13.0 Å². The predicted molar refractivity (Wildman–Crippen MR) is 35.2 cm³/mol. The molecule has 0 bridgehead atoms. The van der Waals surface area contributed by atoms with Gasteiger partial charge in [-0.05, 0) is 13.3 Å². The summed E-state index contributed by atoms with van der Waals surface area (Å²) in [4.78, 5) is 0. The van der Waals surface area contributed by atoms with Gasteiger partial charge in [0.05, 0.1) is 0 Å². The zero-order valence-electron chi connectivity index (χ0n) is 5.94. The molecule has 0 aromatic heterocycles. The lowest BCUT2D eigenvalue weighted by Crippen LogP contribution is -2.30. The molecule has 1 N–H and O–H groups in total. The third-order valence-electron chi connectivity index (χ3n) is 1.46. The van der Waals surface area contributed by atoms with Crippen molar-refractivity contribution in [2.45, 2.75) is 33.2 Å². The molecule has 0 fully saturated rings. The number of hydrogen-bond acceptors (Lipinski definition) is 1. The van der Waals surface area contributed by atoms with E-state index >= 15 is 0 Å². The lowest BCUT2D eigenvalue weighted by molar-refractivity contribution is 0.205. The molecule has 0 aliphatic carbocycles. The summed E-state index contributed by atoms with van der Waals surface area (Å²) in [6.07, 6.45) is 1.07. The molecular formula is C6H15N2. The summed E-state index contributed by atoms with van der Waals surface area (Å²) in [5, 5.41) is 1.60. The Bertz CT molecular complexity index is 46.5. The van der Waals surface area contributed by atoms with Crippen LogP contribution in [-0.2, 0) is 0 Å². The molecule has 0 heterocycles. The van der Waals surface area contributed by atoms with E-state index < -0.39 is 0 Å². The predicted octanol–water partition coefficient (Wildman–Crippen LogP) is 1.30. The summed E-state index contributed by atoms with van der Waals surface area (Å²) >= 11 is 0. The summed E-state index contributed by atoms with van der Waals surface area (Å²) < 4.78 is 0. The van der Waals surface area contributed by atoms with Crippen molar-refractivity contribution < 1.29 is 0 Å². The molecule has 0 amide bonds. The van der Waals surface area contributed by atoms with Crippen LogP contribution in [0, 0.1) is 0 Å². The quantitative estimate of drug-likeness (QED) is 0.509. The maximum atomic E-state index is 7.26. The molecule has 1 atom stereocenters. The van der Waals surface area contributed by atoms with Gasteiger partial charge >= 0.3 is 0 Å². The van der Waals surface area contributed by atoms with Crippen molar-refractivity contribution in [1.82, 2.24) is 10.9 Å². The van der Waals surface area contributed by atoms with Gasteiger partial charge in [0.1, 0.15) is 0 Å². The molecule has 2 nitrogen and oxygen atoms in total. The van der Waals surface area contributed by atoms with E-state index in [1.165, 1.54) is 0 Å². The Hall–Kier alpha value is -0.0800. The SMILES string of the molecule is CCC(C)N([NH])CC. The highest BCUT2D eigenvalue weighted by Gasteiger charge is 2.02. The second-order valence-corrected chi connectivity index (χ2v) is 2.04. The summed E-state index contributed by atoms with van der Waals surface area (Å²) in [6, 6.07) is 0.417. The maximum Gasteiger partial charge on any atom is 0.0226 e. The number of nitrogens with zero attached hydrogens (tertiary/aromatic N) is 1. The molecule has 0 saturated heterocycles. The van der Waals surface area contributed by atoms with Crippen molar-refractivity contribution in [1.29, 1.82) is 0 Å². The van der Waals surface area contributed by atoms with Crippen LogP contribution in [0.3, 0.4) is 0 Å². The van der Waals surface area contributed by atoms with Gasteiger partial charge in [-0.3, -0.25) is 0 Å². The van der Waals surface area contributed by atoms with Gasteiger partial charge in [-0.25, -0.2) is 5.01 Å². The Balaban J connectivity index is 3.29. The van der Waals surface area contributed by atoms with Crippen molar-refractivity contribution in [2.24, 2.45) is 0 Å². The lowest BCUT2D eigenvalue weighted by atomic mass is 10.2. The highest BCUT2D eigenvalue weighted by molar-refractivity contribution is 4.54. The summed E-state index contributed by atoms with van der Waals surface area (Å²) in [5.74, 6) is 7.26. The van der Waals surface area contributed by atoms with Gasteiger partial charge in [0.15, 0.2) is 0 Å². The maximum absolute atomic E-state index is 7.26. The van der Waals surface area contributed by atoms with Crippen LogP contribution in [0.1, 0.15) is 27.2 Å². The van der Waals surface area contributed by atoms with Crippen LogP contribution in [-0.4, -0.2) is 17.6 Å². The molecule has 0 rings (SSSR count). The fourth-order valence-corrected chi connectivity index (χ4v) is 0.532. The normalized spacial score (nSPS) is 14.6. The van der Waals surface area contributed by atoms with Crippen LogP contribution in [0.25, 0.3) is 0 Å². The van der Waals surface area contributed by atoms with E-state index in [1.54, 1.807) is 5.01 Å². The van der Waals surface area contributed by atoms with Crippen LogP contribution in [0.2, 0.25) is 0 Å². The van der Waals surface area contributed by atoms with E-state index in [2.05, 4.69) is 13.8 Å². The molecule has 0 aliphatic heterocycles. The Morgan fingerprint density at radius 3 is 2.12 bits per heavy atom. The number of nitrogens with one attached hydrogen (secondary N) is 1. The molecule has 1 unspecified atom stereocenters. The average molecular weight is 115 g/mol. The first-order valence-corrected chi connectivity index (χ1v) is 3.20. The summed E-state index contributed by atoms with van der Waals surface area (Å²) in [7, 11) is 0. The Kier molecular flexibility index (Phi) is 3.83. The van der Waals surface area contributed by atoms with Gasteiger partial charge < -0.3 is 0 Å². The Morgan fingerprint density at radius 2 is 2.00 bits per heavy atom. The minimum absolute atomic E-state index is 0.417. The van der Waals surface area contributed by atoms with Crippen LogP contribution in [0.5, 0.6) is 0 Å². The molecule has 0 saturated carbocycles. The first kappa shape index (κ1) is 7.92. The molecule has 0 aromatic carbocycles. The minimum atomic E-state index is 0.417. The monoisotopic (exact) mass is 115 g/mol. The van der Waals surface area contributed by atoms with Crippen molar-refractivity contribution in [2.75, 3.05) is 6.54 Å². The van der Waals surface area contributed by atoms with Crippen LogP contribution in [0.4, 0.5) is 0 Å². The third-order valence-corrected chi connectivity index (χ3v) is 1.46. The molecule has 1 radical (unpaired) electrons. The fraction of sp³-hybridized carbons (Fsp3) is 1.00. The van der Waals surface area contributed by atoms with E-state index in [4.69, 9.17) is 5.84 Å². The number of rotatable bonds is 3. The molecule has 0 aliphatic rings. The molecule has 0 aromatic rings. The molecule has 8 heavy (non-hydrogen) atoms. The highest BCUT2D eigenvalue weighted by Crippen LogP contribution is 1.96. The van der Waals surface area contributed by atoms with Gasteiger partial charge in [-0.2, -0.15) is 5.84 Å². The van der Waals surface area contributed by atoms with Crippen LogP contribution in [0.15, 0.2) is 0 Å². The number of hydrogen-bond donors (Lipinski definition) is 0. The third kappa shape index (κ3) is 2.28. The fourth-order valence-electron chi connectivity index (χ4n) is 0.532. The molecule has 0 spiro atoms. The molecule has 49 valence electrons. The van der Waals surface area contributed by atoms with Crippen LogP contribution >= 0.6 is 0 Å². The van der Waals surface area contributed by atoms with Crippen molar-refractivity contribution >= 4 is 0 Å². The Labute approximate surface area is 51.6 Å². The van der Waals surface area contributed by atoms with Gasteiger partial charge in [0.2, 0.25) is 0 Å². The lowest BCUT2D eigenvalue weighted by Gasteiger charge is -2.18. The van der Waals surface area contributed by atoms with Crippen molar-refractivity contribution in [3.8, 4) is 0 Å². The Morgan fingerprint density at radius 1 is 1.50 bits per heavy atom. The van der Waals surface area contributed by atoms with Gasteiger partial charge in [0.25, 0.3) is 0 Å². The first-order valence-electron chi connectivity index (χ1n) is 3.20. The van der Waals surface area contributed by atoms with E-state index in [0.29, 0.717) is 6.04 Å². The van der Waals surface area contributed by atoms with Crippen molar-refractivity contribution in [3.63, 3.8) is 0 Å². The minimum Gasteiger partial charge on any atom is -0.227 e. The smallest absolute Gasteiger partial charge is 0.0226 e. The van der Waals surface area contributed by atoms with Crippen LogP contribution < -0.4 is 5.84 Å². The molecule has 2 heteroatoms. The average Bonchev–Trinajstić information content (AvgIpc) is 1.84. The van der Waals surface area contributed by atoms with E-state index in [9.17, 15) is 0 Å². The van der Waals surface area contributed by atoms with Gasteiger partial charge in [-0.1, -0.05) is 13.8 Å². The molecular weight excluding hydrogens is 100 g/mol. The second-order valence-electron chi connectivity index (χ2n) is 2.04. The van der Waals surface area contributed by atoms with Crippen molar-refractivity contribution in [3.05, 3.63) is 0 Å².